The van der Waals surface area contributed by atoms with Gasteiger partial charge >= 0.3 is 5.97 Å². The van der Waals surface area contributed by atoms with Crippen LogP contribution in [0.1, 0.15) is 10.5 Å². The lowest BCUT2D eigenvalue weighted by atomic mass is 10.2. The van der Waals surface area contributed by atoms with Crippen LogP contribution >= 0.6 is 0 Å². The Bertz CT molecular complexity index is 771. The maximum absolute atomic E-state index is 10.9. The lowest BCUT2D eigenvalue weighted by Gasteiger charge is -2.02. The van der Waals surface area contributed by atoms with Gasteiger partial charge in [0.1, 0.15) is 5.69 Å². The van der Waals surface area contributed by atoms with Gasteiger partial charge in [0.05, 0.1) is 5.52 Å². The molecule has 0 aliphatic heterocycles. The summed E-state index contributed by atoms with van der Waals surface area (Å²) in [7, 11) is 0. The molecule has 0 amide bonds. The van der Waals surface area contributed by atoms with E-state index in [2.05, 4.69) is 15.0 Å². The summed E-state index contributed by atoms with van der Waals surface area (Å²) in [6.07, 6.45) is 1.42. The Balaban J connectivity index is 2.13. The van der Waals surface area contributed by atoms with E-state index in [1.54, 1.807) is 6.07 Å². The zero-order valence-electron chi connectivity index (χ0n) is 9.82. The highest BCUT2D eigenvalue weighted by Crippen LogP contribution is 2.17. The molecule has 0 aliphatic rings. The molecule has 1 aromatic carbocycles. The molecule has 0 bridgehead atoms. The first-order valence-corrected chi connectivity index (χ1v) is 5.66. The number of rotatable bonds is 2. The number of benzene rings is 1. The number of carbonyl (C=O) groups is 1. The van der Waals surface area contributed by atoms with Gasteiger partial charge in [-0.3, -0.25) is 0 Å². The van der Waals surface area contributed by atoms with E-state index in [9.17, 15) is 4.79 Å². The second-order valence-corrected chi connectivity index (χ2v) is 3.96. The van der Waals surface area contributed by atoms with Crippen LogP contribution in [0.2, 0.25) is 0 Å². The van der Waals surface area contributed by atoms with Crippen LogP contribution in [0.15, 0.2) is 48.7 Å². The van der Waals surface area contributed by atoms with Gasteiger partial charge in [0, 0.05) is 11.6 Å². The van der Waals surface area contributed by atoms with E-state index >= 15 is 0 Å². The maximum Gasteiger partial charge on any atom is 0.354 e. The topological polar surface area (TPSA) is 76.0 Å². The van der Waals surface area contributed by atoms with E-state index in [-0.39, 0.29) is 5.69 Å². The smallest absolute Gasteiger partial charge is 0.354 e. The molecule has 92 valence electrons. The number of hydrogen-bond acceptors (Lipinski definition) is 4. The van der Waals surface area contributed by atoms with Crippen molar-refractivity contribution in [3.05, 3.63) is 54.4 Å². The minimum absolute atomic E-state index is 0.0417. The van der Waals surface area contributed by atoms with Crippen molar-refractivity contribution in [2.45, 2.75) is 0 Å². The van der Waals surface area contributed by atoms with Gasteiger partial charge in [-0.15, -0.1) is 0 Å². The molecule has 19 heavy (non-hydrogen) atoms. The molecule has 0 atom stereocenters. The van der Waals surface area contributed by atoms with Gasteiger partial charge in [0.15, 0.2) is 11.5 Å². The van der Waals surface area contributed by atoms with Crippen LogP contribution in [0, 0.1) is 0 Å². The Labute approximate surface area is 108 Å². The second kappa shape index (κ2) is 4.45. The number of para-hydroxylation sites is 1. The number of fused-ring (bicyclic) bond motifs is 1. The molecule has 3 aromatic rings. The molecular formula is C14H9N3O2. The Hall–Kier alpha value is -2.82. The minimum atomic E-state index is -1.08. The molecule has 5 nitrogen and oxygen atoms in total. The third-order valence-corrected chi connectivity index (χ3v) is 2.70. The summed E-state index contributed by atoms with van der Waals surface area (Å²) in [6, 6.07) is 12.7. The van der Waals surface area contributed by atoms with Gasteiger partial charge < -0.3 is 5.11 Å². The van der Waals surface area contributed by atoms with Crippen molar-refractivity contribution in [1.29, 1.82) is 0 Å². The van der Waals surface area contributed by atoms with Gasteiger partial charge in [-0.2, -0.15) is 0 Å². The molecule has 0 fully saturated rings. The number of aromatic nitrogens is 3. The van der Waals surface area contributed by atoms with Crippen molar-refractivity contribution >= 4 is 16.9 Å². The highest BCUT2D eigenvalue weighted by Gasteiger charge is 2.09. The summed E-state index contributed by atoms with van der Waals surface area (Å²) in [5.41, 5.74) is 1.34. The fourth-order valence-corrected chi connectivity index (χ4v) is 1.79. The fraction of sp³-hybridized carbons (Fsp3) is 0. The van der Waals surface area contributed by atoms with Crippen LogP contribution in [0.3, 0.4) is 0 Å². The maximum atomic E-state index is 10.9. The molecular weight excluding hydrogens is 242 g/mol. The summed E-state index contributed by atoms with van der Waals surface area (Å²) >= 11 is 0. The number of pyridine rings is 1. The Kier molecular flexibility index (Phi) is 2.64. The summed E-state index contributed by atoms with van der Waals surface area (Å²) in [5.74, 6) is -0.768. The molecule has 0 unspecified atom stereocenters. The zero-order chi connectivity index (χ0) is 13.2. The summed E-state index contributed by atoms with van der Waals surface area (Å²) < 4.78 is 0. The van der Waals surface area contributed by atoms with Crippen molar-refractivity contribution in [2.75, 3.05) is 0 Å². The standard InChI is InChI=1S/C14H9N3O2/c18-14(19)12-7-8-15-13(17-12)11-6-5-9-3-1-2-4-10(9)16-11/h1-8H,(H,18,19). The highest BCUT2D eigenvalue weighted by molar-refractivity contribution is 5.86. The molecule has 1 N–H and O–H groups in total. The number of nitrogens with zero attached hydrogens (tertiary/aromatic N) is 3. The van der Waals surface area contributed by atoms with Gasteiger partial charge in [-0.05, 0) is 18.2 Å². The van der Waals surface area contributed by atoms with Gasteiger partial charge in [0.25, 0.3) is 0 Å². The summed E-state index contributed by atoms with van der Waals surface area (Å²) in [5, 5.41) is 9.93. The highest BCUT2D eigenvalue weighted by atomic mass is 16.4. The van der Waals surface area contributed by atoms with Gasteiger partial charge in [-0.25, -0.2) is 19.7 Å². The van der Waals surface area contributed by atoms with Crippen molar-refractivity contribution < 1.29 is 9.90 Å². The molecule has 0 radical (unpaired) electrons. The predicted octanol–water partition coefficient (Wildman–Crippen LogP) is 2.39. The predicted molar refractivity (Wildman–Crippen MR) is 69.7 cm³/mol. The zero-order valence-corrected chi connectivity index (χ0v) is 9.82. The van der Waals surface area contributed by atoms with Crippen molar-refractivity contribution in [3.63, 3.8) is 0 Å². The monoisotopic (exact) mass is 251 g/mol. The average molecular weight is 251 g/mol. The average Bonchev–Trinajstić information content (AvgIpc) is 2.47. The molecule has 5 heteroatoms. The van der Waals surface area contributed by atoms with Gasteiger partial charge in [0.2, 0.25) is 0 Å². The summed E-state index contributed by atoms with van der Waals surface area (Å²) in [6.45, 7) is 0. The molecule has 2 aromatic heterocycles. The molecule has 0 saturated heterocycles. The van der Waals surface area contributed by atoms with Crippen molar-refractivity contribution in [1.82, 2.24) is 15.0 Å². The van der Waals surface area contributed by atoms with Crippen LogP contribution in [-0.2, 0) is 0 Å². The normalized spacial score (nSPS) is 10.5. The third-order valence-electron chi connectivity index (χ3n) is 2.70. The first-order valence-electron chi connectivity index (χ1n) is 5.66. The number of hydrogen-bond donors (Lipinski definition) is 1. The Morgan fingerprint density at radius 1 is 1.00 bits per heavy atom. The molecule has 0 aliphatic carbocycles. The van der Waals surface area contributed by atoms with Crippen LogP contribution in [0.25, 0.3) is 22.4 Å². The van der Waals surface area contributed by atoms with Crippen LogP contribution in [0.4, 0.5) is 0 Å². The largest absolute Gasteiger partial charge is 0.477 e. The van der Waals surface area contributed by atoms with Crippen molar-refractivity contribution in [3.8, 4) is 11.5 Å². The first-order chi connectivity index (χ1) is 9.24. The fourth-order valence-electron chi connectivity index (χ4n) is 1.79. The number of aromatic carboxylic acids is 1. The lowest BCUT2D eigenvalue weighted by Crippen LogP contribution is -2.02. The van der Waals surface area contributed by atoms with Crippen LogP contribution < -0.4 is 0 Å². The van der Waals surface area contributed by atoms with E-state index in [1.807, 2.05) is 30.3 Å². The van der Waals surface area contributed by atoms with Crippen LogP contribution in [0.5, 0.6) is 0 Å². The lowest BCUT2D eigenvalue weighted by molar-refractivity contribution is 0.0690. The van der Waals surface area contributed by atoms with E-state index < -0.39 is 5.97 Å². The molecule has 2 heterocycles. The van der Waals surface area contributed by atoms with E-state index in [0.717, 1.165) is 10.9 Å². The van der Waals surface area contributed by atoms with Crippen molar-refractivity contribution in [2.24, 2.45) is 0 Å². The molecule has 0 spiro atoms. The summed E-state index contributed by atoms with van der Waals surface area (Å²) in [4.78, 5) is 23.4. The molecule has 3 rings (SSSR count). The quantitative estimate of drug-likeness (QED) is 0.756. The SMILES string of the molecule is O=C(O)c1ccnc(-c2ccc3ccccc3n2)n1. The Morgan fingerprint density at radius 3 is 2.68 bits per heavy atom. The van der Waals surface area contributed by atoms with E-state index in [0.29, 0.717) is 11.5 Å². The number of carboxylic acid groups (broad SMARTS) is 1. The first kappa shape index (κ1) is 11.3. The third kappa shape index (κ3) is 2.13. The van der Waals surface area contributed by atoms with Gasteiger partial charge in [-0.1, -0.05) is 24.3 Å². The minimum Gasteiger partial charge on any atom is -0.477 e. The van der Waals surface area contributed by atoms with Crippen LogP contribution in [-0.4, -0.2) is 26.0 Å². The number of carboxylic acids is 1. The van der Waals surface area contributed by atoms with E-state index in [4.69, 9.17) is 5.11 Å². The Morgan fingerprint density at radius 2 is 1.84 bits per heavy atom. The molecule has 0 saturated carbocycles. The van der Waals surface area contributed by atoms with E-state index in [1.165, 1.54) is 12.3 Å². The second-order valence-electron chi connectivity index (χ2n) is 3.96.